The number of hydrogen-bond acceptors (Lipinski definition) is 4. The van der Waals surface area contributed by atoms with E-state index in [1.807, 2.05) is 24.3 Å². The predicted octanol–water partition coefficient (Wildman–Crippen LogP) is 6.38. The molecule has 5 nitrogen and oxygen atoms in total. The second-order valence-electron chi connectivity index (χ2n) is 5.70. The van der Waals surface area contributed by atoms with Gasteiger partial charge in [0.25, 0.3) is 0 Å². The highest BCUT2D eigenvalue weighted by Crippen LogP contribution is 2.41. The third-order valence-electron chi connectivity index (χ3n) is 3.81. The van der Waals surface area contributed by atoms with Crippen LogP contribution >= 0.6 is 58.2 Å². The van der Waals surface area contributed by atoms with Crippen LogP contribution in [0.15, 0.2) is 35.5 Å². The van der Waals surface area contributed by atoms with E-state index in [-0.39, 0.29) is 37.4 Å². The minimum atomic E-state index is -0.342. The van der Waals surface area contributed by atoms with E-state index < -0.39 is 0 Å². The van der Waals surface area contributed by atoms with Crippen LogP contribution in [0.5, 0.6) is 0 Å². The Morgan fingerprint density at radius 2 is 1.75 bits per heavy atom. The van der Waals surface area contributed by atoms with Crippen molar-refractivity contribution in [2.45, 2.75) is 18.5 Å². The van der Waals surface area contributed by atoms with Crippen molar-refractivity contribution in [2.75, 3.05) is 11.1 Å². The number of nitrogens with one attached hydrogen (secondary N) is 2. The van der Waals surface area contributed by atoms with Crippen molar-refractivity contribution in [3.05, 3.63) is 56.0 Å². The third kappa shape index (κ3) is 4.93. The molecule has 1 amide bonds. The van der Waals surface area contributed by atoms with Gasteiger partial charge in [-0.2, -0.15) is 0 Å². The molecule has 0 atom stereocenters. The van der Waals surface area contributed by atoms with E-state index in [2.05, 4.69) is 27.4 Å². The van der Waals surface area contributed by atoms with Gasteiger partial charge in [-0.1, -0.05) is 89.4 Å². The maximum Gasteiger partial charge on any atom is 0.234 e. The number of nitrogens with zero attached hydrogens (tertiary/aromatic N) is 2. The number of aromatic amines is 1. The van der Waals surface area contributed by atoms with Gasteiger partial charge in [0.1, 0.15) is 0 Å². The van der Waals surface area contributed by atoms with Crippen molar-refractivity contribution in [3.63, 3.8) is 0 Å². The van der Waals surface area contributed by atoms with E-state index in [1.54, 1.807) is 0 Å². The van der Waals surface area contributed by atoms with Gasteiger partial charge in [-0.3, -0.25) is 9.89 Å². The molecule has 0 unspecified atom stereocenters. The molecule has 0 aliphatic carbocycles. The lowest BCUT2D eigenvalue weighted by molar-refractivity contribution is -0.113. The lowest BCUT2D eigenvalue weighted by Crippen LogP contribution is -2.15. The first-order valence-corrected chi connectivity index (χ1v) is 10.7. The fraction of sp³-hybridized carbons (Fsp3) is 0.167. The zero-order valence-electron chi connectivity index (χ0n) is 14.5. The molecule has 10 heteroatoms. The smallest absolute Gasteiger partial charge is 0.234 e. The Hall–Kier alpha value is -1.44. The first-order valence-electron chi connectivity index (χ1n) is 8.16. The number of benzene rings is 2. The van der Waals surface area contributed by atoms with Crippen LogP contribution in [0, 0.1) is 0 Å². The monoisotopic (exact) mass is 474 g/mol. The van der Waals surface area contributed by atoms with Gasteiger partial charge in [0.05, 0.1) is 31.5 Å². The van der Waals surface area contributed by atoms with Crippen LogP contribution in [-0.2, 0) is 11.2 Å². The molecule has 0 bridgehead atoms. The number of carbonyl (C=O) groups excluding carboxylic acids is 1. The second kappa shape index (κ2) is 9.37. The molecule has 0 aliphatic heterocycles. The summed E-state index contributed by atoms with van der Waals surface area (Å²) in [6, 6.07) is 9.46. The van der Waals surface area contributed by atoms with Crippen LogP contribution in [-0.4, -0.2) is 26.8 Å². The topological polar surface area (TPSA) is 70.7 Å². The number of aryl methyl sites for hydroxylation is 1. The minimum Gasteiger partial charge on any atom is -0.323 e. The lowest BCUT2D eigenvalue weighted by atomic mass is 10.1. The maximum absolute atomic E-state index is 12.3. The molecule has 1 aromatic heterocycles. The van der Waals surface area contributed by atoms with Crippen LogP contribution < -0.4 is 5.32 Å². The third-order valence-corrected chi connectivity index (χ3v) is 6.23. The van der Waals surface area contributed by atoms with Gasteiger partial charge in [-0.25, -0.2) is 4.98 Å². The van der Waals surface area contributed by atoms with Crippen LogP contribution in [0.3, 0.4) is 0 Å². The number of anilines is 1. The summed E-state index contributed by atoms with van der Waals surface area (Å²) in [5.74, 6) is 0.354. The summed E-state index contributed by atoms with van der Waals surface area (Å²) in [6.45, 7) is 2.10. The summed E-state index contributed by atoms with van der Waals surface area (Å²) >= 11 is 25.3. The van der Waals surface area contributed by atoms with Gasteiger partial charge >= 0.3 is 0 Å². The van der Waals surface area contributed by atoms with Crippen molar-refractivity contribution >= 4 is 69.8 Å². The fourth-order valence-corrected chi connectivity index (χ4v) is 3.83. The Kier molecular flexibility index (Phi) is 7.12. The predicted molar refractivity (Wildman–Crippen MR) is 117 cm³/mol. The van der Waals surface area contributed by atoms with Gasteiger partial charge in [-0.05, 0) is 18.1 Å². The normalized spacial score (nSPS) is 10.9. The number of hydrogen-bond donors (Lipinski definition) is 2. The Labute approximate surface area is 186 Å². The van der Waals surface area contributed by atoms with Crippen molar-refractivity contribution in [1.82, 2.24) is 15.2 Å². The SMILES string of the molecule is CCc1ccc(-c2nc(SCC(=O)Nc3c(Cl)c(Cl)cc(Cl)c3Cl)n[nH]2)cc1. The van der Waals surface area contributed by atoms with E-state index in [0.717, 1.165) is 12.0 Å². The molecule has 28 heavy (non-hydrogen) atoms. The van der Waals surface area contributed by atoms with E-state index in [1.165, 1.54) is 23.4 Å². The van der Waals surface area contributed by atoms with Gasteiger partial charge in [0, 0.05) is 5.56 Å². The molecule has 146 valence electrons. The van der Waals surface area contributed by atoms with Crippen molar-refractivity contribution in [3.8, 4) is 11.4 Å². The average molecular weight is 476 g/mol. The molecule has 0 spiro atoms. The Morgan fingerprint density at radius 1 is 1.11 bits per heavy atom. The van der Waals surface area contributed by atoms with E-state index in [4.69, 9.17) is 46.4 Å². The minimum absolute atomic E-state index is 0.0584. The first kappa shape index (κ1) is 21.3. The van der Waals surface area contributed by atoms with Crippen LogP contribution in [0.4, 0.5) is 5.69 Å². The van der Waals surface area contributed by atoms with Gasteiger partial charge < -0.3 is 5.32 Å². The molecule has 3 rings (SSSR count). The van der Waals surface area contributed by atoms with E-state index in [9.17, 15) is 4.79 Å². The van der Waals surface area contributed by atoms with Crippen LogP contribution in [0.25, 0.3) is 11.4 Å². The molecule has 0 aliphatic rings. The molecule has 0 saturated carbocycles. The zero-order chi connectivity index (χ0) is 20.3. The number of aromatic nitrogens is 3. The first-order chi connectivity index (χ1) is 13.4. The van der Waals surface area contributed by atoms with Gasteiger partial charge in [-0.15, -0.1) is 5.10 Å². The number of halogens is 4. The molecule has 0 saturated heterocycles. The fourth-order valence-electron chi connectivity index (χ4n) is 2.33. The summed E-state index contributed by atoms with van der Waals surface area (Å²) in [7, 11) is 0. The largest absolute Gasteiger partial charge is 0.323 e. The highest BCUT2D eigenvalue weighted by molar-refractivity contribution is 7.99. The molecule has 2 aromatic carbocycles. The number of carbonyl (C=O) groups is 1. The van der Waals surface area contributed by atoms with Gasteiger partial charge in [0.15, 0.2) is 5.82 Å². The zero-order valence-corrected chi connectivity index (χ0v) is 18.4. The van der Waals surface area contributed by atoms with E-state index in [0.29, 0.717) is 11.0 Å². The quantitative estimate of drug-likeness (QED) is 0.320. The molecular weight excluding hydrogens is 462 g/mol. The van der Waals surface area contributed by atoms with Crippen LogP contribution in [0.2, 0.25) is 20.1 Å². The number of thioether (sulfide) groups is 1. The highest BCUT2D eigenvalue weighted by Gasteiger charge is 2.17. The van der Waals surface area contributed by atoms with Crippen molar-refractivity contribution < 1.29 is 4.79 Å². The highest BCUT2D eigenvalue weighted by atomic mass is 35.5. The molecule has 1 heterocycles. The van der Waals surface area contributed by atoms with Crippen LogP contribution in [0.1, 0.15) is 12.5 Å². The molecule has 0 radical (unpaired) electrons. The second-order valence-corrected chi connectivity index (χ2v) is 8.21. The van der Waals surface area contributed by atoms with Crippen molar-refractivity contribution in [1.29, 1.82) is 0 Å². The Morgan fingerprint density at radius 3 is 2.36 bits per heavy atom. The summed E-state index contributed by atoms with van der Waals surface area (Å²) in [5, 5.41) is 10.7. The molecule has 2 N–H and O–H groups in total. The Bertz CT molecular complexity index is 981. The standard InChI is InChI=1S/C18H14Cl4N4OS/c1-2-9-3-5-10(6-4-9)17-24-18(26-25-17)28-8-13(27)23-16-14(21)11(19)7-12(20)15(16)22/h3-7H,2,8H2,1H3,(H,23,27)(H,24,25,26). The van der Waals surface area contributed by atoms with Gasteiger partial charge in [0.2, 0.25) is 11.1 Å². The van der Waals surface area contributed by atoms with Crippen molar-refractivity contribution in [2.24, 2.45) is 0 Å². The lowest BCUT2D eigenvalue weighted by Gasteiger charge is -2.11. The molecule has 0 fully saturated rings. The average Bonchev–Trinajstić information content (AvgIpc) is 3.17. The summed E-state index contributed by atoms with van der Waals surface area (Å²) < 4.78 is 0. The summed E-state index contributed by atoms with van der Waals surface area (Å²) in [5.41, 5.74) is 2.35. The number of rotatable bonds is 6. The molecular formula is C18H14Cl4N4OS. The number of H-pyrrole nitrogens is 1. The summed E-state index contributed by atoms with van der Waals surface area (Å²) in [6.07, 6.45) is 0.971. The Balaban J connectivity index is 1.63. The molecule has 3 aromatic rings. The number of amides is 1. The van der Waals surface area contributed by atoms with E-state index >= 15 is 0 Å². The summed E-state index contributed by atoms with van der Waals surface area (Å²) in [4.78, 5) is 16.7. The maximum atomic E-state index is 12.3.